The molecule has 84 valence electrons. The third-order valence-electron chi connectivity index (χ3n) is 2.69. The summed E-state index contributed by atoms with van der Waals surface area (Å²) in [6.45, 7) is 3.93. The van der Waals surface area contributed by atoms with E-state index in [1.807, 2.05) is 19.2 Å². The Balaban J connectivity index is 2.22. The van der Waals surface area contributed by atoms with E-state index >= 15 is 0 Å². The molecule has 2 rings (SSSR count). The highest BCUT2D eigenvalue weighted by Crippen LogP contribution is 2.19. The van der Waals surface area contributed by atoms with Crippen LogP contribution in [0.15, 0.2) is 6.07 Å². The molecule has 0 unspecified atom stereocenters. The molecule has 0 radical (unpaired) electrons. The molecule has 5 heteroatoms. The van der Waals surface area contributed by atoms with Crippen molar-refractivity contribution in [2.75, 3.05) is 23.3 Å². The summed E-state index contributed by atoms with van der Waals surface area (Å²) >= 11 is 0. The van der Waals surface area contributed by atoms with E-state index in [0.717, 1.165) is 18.9 Å². The Hall–Kier alpha value is -1.83. The van der Waals surface area contributed by atoms with Gasteiger partial charge in [-0.2, -0.15) is 5.26 Å². The van der Waals surface area contributed by atoms with Gasteiger partial charge in [0.15, 0.2) is 6.19 Å². The molecule has 0 saturated carbocycles. The van der Waals surface area contributed by atoms with E-state index in [-0.39, 0.29) is 0 Å². The van der Waals surface area contributed by atoms with Crippen LogP contribution in [0.25, 0.3) is 0 Å². The molecule has 1 saturated heterocycles. The summed E-state index contributed by atoms with van der Waals surface area (Å²) < 4.78 is 0. The smallest absolute Gasteiger partial charge is 0.182 e. The Kier molecular flexibility index (Phi) is 3.20. The Morgan fingerprint density at radius 3 is 2.75 bits per heavy atom. The summed E-state index contributed by atoms with van der Waals surface area (Å²) in [6, 6.07) is 1.83. The van der Waals surface area contributed by atoms with Crippen LogP contribution in [0.4, 0.5) is 11.6 Å². The molecule has 2 heterocycles. The number of nitrogens with one attached hydrogen (secondary N) is 1. The molecule has 16 heavy (non-hydrogen) atoms. The standard InChI is InChI=1S/C11H15N5/c1-9-14-10(13-8-12)7-11(15-9)16-5-3-2-4-6-16/h7H,2-6H2,1H3,(H,13,14,15). The van der Waals surface area contributed by atoms with Crippen molar-refractivity contribution in [2.45, 2.75) is 26.2 Å². The van der Waals surface area contributed by atoms with Gasteiger partial charge in [-0.1, -0.05) is 0 Å². The summed E-state index contributed by atoms with van der Waals surface area (Å²) in [5, 5.41) is 11.1. The highest BCUT2D eigenvalue weighted by Gasteiger charge is 2.13. The van der Waals surface area contributed by atoms with Crippen molar-refractivity contribution in [3.8, 4) is 6.19 Å². The predicted molar refractivity (Wildman–Crippen MR) is 62.1 cm³/mol. The van der Waals surface area contributed by atoms with Gasteiger partial charge in [0.1, 0.15) is 17.5 Å². The van der Waals surface area contributed by atoms with Crippen molar-refractivity contribution in [3.05, 3.63) is 11.9 Å². The quantitative estimate of drug-likeness (QED) is 0.603. The number of aryl methyl sites for hydroxylation is 1. The maximum Gasteiger partial charge on any atom is 0.182 e. The minimum atomic E-state index is 0.579. The van der Waals surface area contributed by atoms with Crippen LogP contribution in [0.1, 0.15) is 25.1 Å². The zero-order chi connectivity index (χ0) is 11.4. The molecule has 0 amide bonds. The first-order chi connectivity index (χ1) is 7.79. The Labute approximate surface area is 95.1 Å². The van der Waals surface area contributed by atoms with Gasteiger partial charge in [0.05, 0.1) is 0 Å². The molecule has 1 fully saturated rings. The number of nitrogens with zero attached hydrogens (tertiary/aromatic N) is 4. The van der Waals surface area contributed by atoms with Crippen molar-refractivity contribution in [1.82, 2.24) is 9.97 Å². The molecule has 5 nitrogen and oxygen atoms in total. The SMILES string of the molecule is Cc1nc(NC#N)cc(N2CCCCC2)n1. The van der Waals surface area contributed by atoms with E-state index in [2.05, 4.69) is 20.2 Å². The topological polar surface area (TPSA) is 64.8 Å². The molecule has 1 N–H and O–H groups in total. The average molecular weight is 217 g/mol. The molecular formula is C11H15N5. The van der Waals surface area contributed by atoms with Gasteiger partial charge < -0.3 is 4.90 Å². The minimum absolute atomic E-state index is 0.579. The highest BCUT2D eigenvalue weighted by molar-refractivity contribution is 5.51. The molecule has 0 spiro atoms. The summed E-state index contributed by atoms with van der Waals surface area (Å²) in [5.74, 6) is 2.20. The molecule has 0 bridgehead atoms. The van der Waals surface area contributed by atoms with Crippen molar-refractivity contribution in [3.63, 3.8) is 0 Å². The lowest BCUT2D eigenvalue weighted by molar-refractivity contribution is 0.572. The van der Waals surface area contributed by atoms with Gasteiger partial charge in [-0.25, -0.2) is 9.97 Å². The molecule has 1 aromatic rings. The summed E-state index contributed by atoms with van der Waals surface area (Å²) in [5.41, 5.74) is 0. The largest absolute Gasteiger partial charge is 0.356 e. The molecular weight excluding hydrogens is 202 g/mol. The maximum atomic E-state index is 8.58. The van der Waals surface area contributed by atoms with E-state index in [0.29, 0.717) is 11.6 Å². The zero-order valence-electron chi connectivity index (χ0n) is 9.40. The number of anilines is 2. The normalized spacial score (nSPS) is 15.6. The van der Waals surface area contributed by atoms with E-state index in [4.69, 9.17) is 5.26 Å². The number of aromatic nitrogens is 2. The molecule has 1 aliphatic rings. The lowest BCUT2D eigenvalue weighted by Crippen LogP contribution is -2.30. The second kappa shape index (κ2) is 4.79. The number of hydrogen-bond acceptors (Lipinski definition) is 5. The van der Waals surface area contributed by atoms with Gasteiger partial charge in [0.25, 0.3) is 0 Å². The Bertz CT molecular complexity index is 403. The molecule has 1 aliphatic heterocycles. The minimum Gasteiger partial charge on any atom is -0.356 e. The zero-order valence-corrected chi connectivity index (χ0v) is 9.40. The van der Waals surface area contributed by atoms with Crippen LogP contribution in [-0.2, 0) is 0 Å². The van der Waals surface area contributed by atoms with Crippen LogP contribution < -0.4 is 10.2 Å². The van der Waals surface area contributed by atoms with Gasteiger partial charge in [-0.3, -0.25) is 5.32 Å². The van der Waals surface area contributed by atoms with Crippen molar-refractivity contribution in [1.29, 1.82) is 5.26 Å². The highest BCUT2D eigenvalue weighted by atomic mass is 15.2. The van der Waals surface area contributed by atoms with E-state index in [1.54, 1.807) is 0 Å². The number of hydrogen-bond donors (Lipinski definition) is 1. The summed E-state index contributed by atoms with van der Waals surface area (Å²) in [4.78, 5) is 10.8. The molecule has 0 atom stereocenters. The lowest BCUT2D eigenvalue weighted by Gasteiger charge is -2.27. The maximum absolute atomic E-state index is 8.58. The van der Waals surface area contributed by atoms with E-state index in [1.165, 1.54) is 19.3 Å². The predicted octanol–water partition coefficient (Wildman–Crippen LogP) is 1.67. The number of piperidine rings is 1. The van der Waals surface area contributed by atoms with Crippen LogP contribution in [0.5, 0.6) is 0 Å². The first kappa shape index (κ1) is 10.7. The fraction of sp³-hybridized carbons (Fsp3) is 0.545. The van der Waals surface area contributed by atoms with Crippen LogP contribution in [-0.4, -0.2) is 23.1 Å². The first-order valence-corrected chi connectivity index (χ1v) is 5.55. The van der Waals surface area contributed by atoms with Crippen LogP contribution in [0.2, 0.25) is 0 Å². The molecule has 0 aliphatic carbocycles. The summed E-state index contributed by atoms with van der Waals surface area (Å²) in [7, 11) is 0. The Morgan fingerprint density at radius 1 is 1.31 bits per heavy atom. The fourth-order valence-electron chi connectivity index (χ4n) is 1.96. The fourth-order valence-corrected chi connectivity index (χ4v) is 1.96. The molecule has 0 aromatic carbocycles. The lowest BCUT2D eigenvalue weighted by atomic mass is 10.1. The monoisotopic (exact) mass is 217 g/mol. The summed E-state index contributed by atoms with van der Waals surface area (Å²) in [6.07, 6.45) is 5.60. The van der Waals surface area contributed by atoms with Crippen LogP contribution in [0.3, 0.4) is 0 Å². The van der Waals surface area contributed by atoms with Crippen LogP contribution >= 0.6 is 0 Å². The van der Waals surface area contributed by atoms with Crippen molar-refractivity contribution >= 4 is 11.6 Å². The van der Waals surface area contributed by atoms with Gasteiger partial charge >= 0.3 is 0 Å². The van der Waals surface area contributed by atoms with E-state index < -0.39 is 0 Å². The van der Waals surface area contributed by atoms with Gasteiger partial charge in [-0.05, 0) is 26.2 Å². The first-order valence-electron chi connectivity index (χ1n) is 5.55. The molecule has 1 aromatic heterocycles. The average Bonchev–Trinajstić information content (AvgIpc) is 2.30. The van der Waals surface area contributed by atoms with Crippen molar-refractivity contribution < 1.29 is 0 Å². The second-order valence-electron chi connectivity index (χ2n) is 3.94. The number of rotatable bonds is 2. The third kappa shape index (κ3) is 2.40. The van der Waals surface area contributed by atoms with Crippen LogP contribution in [0, 0.1) is 18.4 Å². The van der Waals surface area contributed by atoms with Gasteiger partial charge in [0.2, 0.25) is 0 Å². The van der Waals surface area contributed by atoms with E-state index in [9.17, 15) is 0 Å². The second-order valence-corrected chi connectivity index (χ2v) is 3.94. The Morgan fingerprint density at radius 2 is 2.06 bits per heavy atom. The van der Waals surface area contributed by atoms with Gasteiger partial charge in [0, 0.05) is 19.2 Å². The third-order valence-corrected chi connectivity index (χ3v) is 2.69. The number of nitriles is 1. The van der Waals surface area contributed by atoms with Crippen molar-refractivity contribution in [2.24, 2.45) is 0 Å². The van der Waals surface area contributed by atoms with Gasteiger partial charge in [-0.15, -0.1) is 0 Å².